The summed E-state index contributed by atoms with van der Waals surface area (Å²) in [5.41, 5.74) is 5.02. The molecular formula is C28H26FN3O4S. The van der Waals surface area contributed by atoms with Crippen LogP contribution in [0, 0.1) is 12.7 Å². The number of rotatable bonds is 7. The molecule has 0 fully saturated rings. The minimum atomic E-state index is -3.78. The van der Waals surface area contributed by atoms with Crippen LogP contribution in [0.1, 0.15) is 34.6 Å². The maximum absolute atomic E-state index is 13.9. The fourth-order valence-electron chi connectivity index (χ4n) is 4.36. The van der Waals surface area contributed by atoms with Crippen LogP contribution in [0.15, 0.2) is 99.9 Å². The monoisotopic (exact) mass is 519 g/mol. The molecule has 0 amide bonds. The lowest BCUT2D eigenvalue weighted by Gasteiger charge is -2.21. The van der Waals surface area contributed by atoms with Crippen molar-refractivity contribution < 1.29 is 18.0 Å². The number of nitrogens with two attached hydrogens (primary N) is 1. The van der Waals surface area contributed by atoms with Gasteiger partial charge in [-0.3, -0.25) is 4.79 Å². The highest BCUT2D eigenvalue weighted by atomic mass is 32.2. The average molecular weight is 520 g/mol. The topological polar surface area (TPSA) is 115 Å². The molecule has 7 nitrogen and oxygen atoms in total. The molecule has 190 valence electrons. The summed E-state index contributed by atoms with van der Waals surface area (Å²) in [6.07, 6.45) is 1.91. The molecule has 4 rings (SSSR count). The molecule has 9 heteroatoms. The summed E-state index contributed by atoms with van der Waals surface area (Å²) in [6, 6.07) is 21.6. The van der Waals surface area contributed by atoms with Crippen molar-refractivity contribution in [1.82, 2.24) is 4.57 Å². The van der Waals surface area contributed by atoms with Crippen LogP contribution in [0.2, 0.25) is 0 Å². The lowest BCUT2D eigenvalue weighted by Crippen LogP contribution is -2.18. The van der Waals surface area contributed by atoms with Crippen molar-refractivity contribution >= 4 is 15.7 Å². The normalized spacial score (nSPS) is 12.9. The summed E-state index contributed by atoms with van der Waals surface area (Å²) in [7, 11) is -2.16. The number of oxime groups is 1. The van der Waals surface area contributed by atoms with E-state index in [1.807, 2.05) is 31.2 Å². The molecule has 1 aromatic heterocycles. The largest absolute Gasteiger partial charge is 0.411 e. The summed E-state index contributed by atoms with van der Waals surface area (Å²) in [5, 5.41) is 18.6. The van der Waals surface area contributed by atoms with Crippen molar-refractivity contribution in [3.8, 4) is 11.1 Å². The summed E-state index contributed by atoms with van der Waals surface area (Å²) in [4.78, 5) is 11.9. The lowest BCUT2D eigenvalue weighted by atomic mass is 9.83. The zero-order chi connectivity index (χ0) is 26.7. The van der Waals surface area contributed by atoms with Gasteiger partial charge >= 0.3 is 0 Å². The molecule has 4 aromatic rings. The van der Waals surface area contributed by atoms with E-state index in [9.17, 15) is 22.8 Å². The first-order valence-electron chi connectivity index (χ1n) is 11.4. The first kappa shape index (κ1) is 26.0. The predicted octanol–water partition coefficient (Wildman–Crippen LogP) is 4.55. The highest BCUT2D eigenvalue weighted by Crippen LogP contribution is 2.33. The van der Waals surface area contributed by atoms with E-state index < -0.39 is 10.0 Å². The van der Waals surface area contributed by atoms with Crippen molar-refractivity contribution in [2.24, 2.45) is 17.3 Å². The number of halogens is 1. The SMILES string of the molecule is Cc1cc(F)ccc1C(C/C(=N/O)c1ccc(=O)n(C)c1)c1ccc(-c2ccc(S(N)(=O)=O)cc2)cc1. The van der Waals surface area contributed by atoms with Gasteiger partial charge in [-0.15, -0.1) is 0 Å². The van der Waals surface area contributed by atoms with E-state index in [0.717, 1.165) is 27.8 Å². The van der Waals surface area contributed by atoms with Crippen molar-refractivity contribution in [3.63, 3.8) is 0 Å². The van der Waals surface area contributed by atoms with Gasteiger partial charge < -0.3 is 9.77 Å². The van der Waals surface area contributed by atoms with Crippen LogP contribution in [0.4, 0.5) is 4.39 Å². The van der Waals surface area contributed by atoms with Gasteiger partial charge in [-0.1, -0.05) is 47.6 Å². The molecule has 0 saturated heterocycles. The number of hydrogen-bond donors (Lipinski definition) is 2. The Morgan fingerprint density at radius 2 is 1.62 bits per heavy atom. The number of aromatic nitrogens is 1. The Balaban J connectivity index is 1.72. The van der Waals surface area contributed by atoms with E-state index in [-0.39, 0.29) is 22.2 Å². The second kappa shape index (κ2) is 10.5. The summed E-state index contributed by atoms with van der Waals surface area (Å²) in [6.45, 7) is 1.83. The van der Waals surface area contributed by atoms with Crippen LogP contribution in [0.3, 0.4) is 0 Å². The van der Waals surface area contributed by atoms with Crippen molar-refractivity contribution in [1.29, 1.82) is 0 Å². The van der Waals surface area contributed by atoms with Gasteiger partial charge in [0.1, 0.15) is 5.82 Å². The number of hydrogen-bond acceptors (Lipinski definition) is 5. The lowest BCUT2D eigenvalue weighted by molar-refractivity contribution is 0.317. The van der Waals surface area contributed by atoms with E-state index in [2.05, 4.69) is 5.16 Å². The van der Waals surface area contributed by atoms with Crippen LogP contribution in [0.5, 0.6) is 0 Å². The molecular weight excluding hydrogens is 493 g/mol. The van der Waals surface area contributed by atoms with Gasteiger partial charge in [-0.2, -0.15) is 0 Å². The van der Waals surface area contributed by atoms with E-state index in [0.29, 0.717) is 17.7 Å². The van der Waals surface area contributed by atoms with Gasteiger partial charge in [0.2, 0.25) is 15.6 Å². The molecule has 3 aromatic carbocycles. The van der Waals surface area contributed by atoms with Crippen LogP contribution < -0.4 is 10.7 Å². The van der Waals surface area contributed by atoms with Crippen LogP contribution in [0.25, 0.3) is 11.1 Å². The molecule has 1 atom stereocenters. The molecule has 0 aliphatic heterocycles. The Labute approximate surface area is 214 Å². The van der Waals surface area contributed by atoms with Crippen molar-refractivity contribution in [2.75, 3.05) is 0 Å². The Morgan fingerprint density at radius 3 is 2.16 bits per heavy atom. The standard InChI is InChI=1S/C28H26FN3O4S/c1-18-15-23(29)10-13-25(18)26(16-27(31-34)22-9-14-28(33)32(2)17-22)21-5-3-19(4-6-21)20-7-11-24(12-8-20)37(30,35)36/h3-15,17,26,34H,16H2,1-2H3,(H2,30,35,36)/b31-27-. The molecule has 0 aliphatic carbocycles. The number of benzene rings is 3. The van der Waals surface area contributed by atoms with Gasteiger partial charge in [0.05, 0.1) is 10.6 Å². The zero-order valence-corrected chi connectivity index (χ0v) is 21.1. The maximum atomic E-state index is 13.9. The molecule has 1 unspecified atom stereocenters. The van der Waals surface area contributed by atoms with E-state index in [1.54, 1.807) is 37.5 Å². The fraction of sp³-hybridized carbons (Fsp3) is 0.143. The second-order valence-corrected chi connectivity index (χ2v) is 10.4. The Bertz CT molecular complexity index is 1630. The minimum Gasteiger partial charge on any atom is -0.411 e. The number of sulfonamides is 1. The molecule has 0 saturated carbocycles. The van der Waals surface area contributed by atoms with Gasteiger partial charge in [-0.05, 0) is 65.1 Å². The number of pyridine rings is 1. The minimum absolute atomic E-state index is 0.0361. The summed E-state index contributed by atoms with van der Waals surface area (Å²) < 4.78 is 38.4. The Morgan fingerprint density at radius 1 is 1.00 bits per heavy atom. The van der Waals surface area contributed by atoms with E-state index >= 15 is 0 Å². The highest BCUT2D eigenvalue weighted by molar-refractivity contribution is 7.89. The van der Waals surface area contributed by atoms with Crippen LogP contribution in [-0.4, -0.2) is 23.9 Å². The van der Waals surface area contributed by atoms with E-state index in [1.165, 1.54) is 34.9 Å². The number of nitrogens with zero attached hydrogens (tertiary/aromatic N) is 2. The Kier molecular flexibility index (Phi) is 7.37. The van der Waals surface area contributed by atoms with Gasteiger partial charge in [0.15, 0.2) is 0 Å². The van der Waals surface area contributed by atoms with Gasteiger partial charge in [0.25, 0.3) is 0 Å². The third-order valence-corrected chi connectivity index (χ3v) is 7.30. The zero-order valence-electron chi connectivity index (χ0n) is 20.3. The molecule has 0 spiro atoms. The summed E-state index contributed by atoms with van der Waals surface area (Å²) >= 11 is 0. The first-order valence-corrected chi connectivity index (χ1v) is 13.0. The fourth-order valence-corrected chi connectivity index (χ4v) is 4.87. The number of aryl methyl sites for hydroxylation is 2. The summed E-state index contributed by atoms with van der Waals surface area (Å²) in [5.74, 6) is -0.616. The predicted molar refractivity (Wildman–Crippen MR) is 141 cm³/mol. The third kappa shape index (κ3) is 5.84. The average Bonchev–Trinajstić information content (AvgIpc) is 2.87. The highest BCUT2D eigenvalue weighted by Gasteiger charge is 2.21. The Hall–Kier alpha value is -4.08. The molecule has 37 heavy (non-hydrogen) atoms. The molecule has 0 aliphatic rings. The van der Waals surface area contributed by atoms with E-state index in [4.69, 9.17) is 5.14 Å². The van der Waals surface area contributed by atoms with Crippen LogP contribution >= 0.6 is 0 Å². The third-order valence-electron chi connectivity index (χ3n) is 6.37. The quantitative estimate of drug-likeness (QED) is 0.212. The molecule has 1 heterocycles. The maximum Gasteiger partial charge on any atom is 0.250 e. The molecule has 3 N–H and O–H groups in total. The number of primary sulfonamides is 1. The van der Waals surface area contributed by atoms with Gasteiger partial charge in [0, 0.05) is 37.2 Å². The van der Waals surface area contributed by atoms with Crippen molar-refractivity contribution in [2.45, 2.75) is 24.2 Å². The molecule has 0 bridgehead atoms. The van der Waals surface area contributed by atoms with Crippen LogP contribution in [-0.2, 0) is 17.1 Å². The molecule has 0 radical (unpaired) electrons. The van der Waals surface area contributed by atoms with Gasteiger partial charge in [-0.25, -0.2) is 17.9 Å². The smallest absolute Gasteiger partial charge is 0.250 e. The van der Waals surface area contributed by atoms with Crippen molar-refractivity contribution in [3.05, 3.63) is 123 Å². The first-order chi connectivity index (χ1) is 17.6. The second-order valence-electron chi connectivity index (χ2n) is 8.86.